The molecule has 0 saturated heterocycles. The predicted octanol–water partition coefficient (Wildman–Crippen LogP) is 3.70. The van der Waals surface area contributed by atoms with Gasteiger partial charge in [0, 0.05) is 12.0 Å². The first-order valence-electron chi connectivity index (χ1n) is 9.03. The highest BCUT2D eigenvalue weighted by molar-refractivity contribution is 5.80. The molecule has 2 aromatic carbocycles. The Morgan fingerprint density at radius 1 is 1.04 bits per heavy atom. The van der Waals surface area contributed by atoms with E-state index in [0.717, 1.165) is 11.1 Å². The van der Waals surface area contributed by atoms with Crippen molar-refractivity contribution in [2.24, 2.45) is 0 Å². The molecule has 0 heterocycles. The Labute approximate surface area is 161 Å². The molecule has 5 nitrogen and oxygen atoms in total. The molecule has 2 rings (SSSR count). The van der Waals surface area contributed by atoms with Crippen molar-refractivity contribution in [2.75, 3.05) is 20.8 Å². The first-order chi connectivity index (χ1) is 12.9. The van der Waals surface area contributed by atoms with E-state index in [2.05, 4.69) is 19.2 Å². The molecule has 0 fully saturated rings. The van der Waals surface area contributed by atoms with E-state index in [1.165, 1.54) is 0 Å². The fourth-order valence-electron chi connectivity index (χ4n) is 2.68. The van der Waals surface area contributed by atoms with Crippen molar-refractivity contribution in [3.63, 3.8) is 0 Å². The summed E-state index contributed by atoms with van der Waals surface area (Å²) in [6, 6.07) is 15.6. The highest BCUT2D eigenvalue weighted by Gasteiger charge is 2.24. The average Bonchev–Trinajstić information content (AvgIpc) is 2.70. The maximum atomic E-state index is 12.4. The molecule has 0 spiro atoms. The highest BCUT2D eigenvalue weighted by Crippen LogP contribution is 2.32. The second kappa shape index (κ2) is 9.42. The van der Waals surface area contributed by atoms with Crippen LogP contribution in [0.15, 0.2) is 48.5 Å². The quantitative estimate of drug-likeness (QED) is 0.730. The van der Waals surface area contributed by atoms with Crippen LogP contribution in [0.25, 0.3) is 0 Å². The Bertz CT molecular complexity index is 743. The summed E-state index contributed by atoms with van der Waals surface area (Å²) in [6.07, 6.45) is -0.522. The normalized spacial score (nSPS) is 12.3. The van der Waals surface area contributed by atoms with Crippen molar-refractivity contribution in [3.05, 3.63) is 59.7 Å². The van der Waals surface area contributed by atoms with Crippen molar-refractivity contribution in [2.45, 2.75) is 38.9 Å². The average molecular weight is 371 g/mol. The summed E-state index contributed by atoms with van der Waals surface area (Å²) in [4.78, 5) is 12.4. The lowest BCUT2D eigenvalue weighted by molar-refractivity contribution is -0.132. The van der Waals surface area contributed by atoms with Crippen LogP contribution < -0.4 is 14.8 Å². The molecular formula is C22H29NO4. The van der Waals surface area contributed by atoms with Crippen LogP contribution in [-0.4, -0.2) is 32.8 Å². The Morgan fingerprint density at radius 2 is 1.70 bits per heavy atom. The van der Waals surface area contributed by atoms with Gasteiger partial charge in [-0.3, -0.25) is 4.79 Å². The maximum Gasteiger partial charge on any atom is 0.248 e. The minimum Gasteiger partial charge on any atom is -0.493 e. The van der Waals surface area contributed by atoms with E-state index in [-0.39, 0.29) is 11.3 Å². The summed E-state index contributed by atoms with van der Waals surface area (Å²) in [6.45, 7) is 6.81. The molecule has 0 bridgehead atoms. The Kier molecular flexibility index (Phi) is 7.25. The van der Waals surface area contributed by atoms with Crippen LogP contribution in [0.3, 0.4) is 0 Å². The number of rotatable bonds is 9. The molecule has 2 aromatic rings. The standard InChI is InChI=1S/C22H29NO4/c1-16(27-14-17-9-7-6-8-10-17)21(24)23-15-22(2,3)18-11-12-19(25-4)20(13-18)26-5/h6-13,16H,14-15H2,1-5H3,(H,23,24). The van der Waals surface area contributed by atoms with Gasteiger partial charge in [0.25, 0.3) is 0 Å². The molecule has 0 aliphatic heterocycles. The van der Waals surface area contributed by atoms with Crippen LogP contribution >= 0.6 is 0 Å². The number of methoxy groups -OCH3 is 2. The van der Waals surface area contributed by atoms with E-state index in [1.54, 1.807) is 21.1 Å². The van der Waals surface area contributed by atoms with Crippen LogP contribution in [0.4, 0.5) is 0 Å². The van der Waals surface area contributed by atoms with Gasteiger partial charge in [-0.1, -0.05) is 50.2 Å². The lowest BCUT2D eigenvalue weighted by Gasteiger charge is -2.27. The first-order valence-corrected chi connectivity index (χ1v) is 9.03. The highest BCUT2D eigenvalue weighted by atomic mass is 16.5. The number of carbonyl (C=O) groups is 1. The predicted molar refractivity (Wildman–Crippen MR) is 106 cm³/mol. The number of ether oxygens (including phenoxy) is 3. The molecule has 1 atom stereocenters. The SMILES string of the molecule is COc1ccc(C(C)(C)CNC(=O)C(C)OCc2ccccc2)cc1OC. The van der Waals surface area contributed by atoms with Crippen molar-refractivity contribution in [1.82, 2.24) is 5.32 Å². The van der Waals surface area contributed by atoms with Gasteiger partial charge in [-0.2, -0.15) is 0 Å². The first kappa shape index (κ1) is 20.8. The van der Waals surface area contributed by atoms with Gasteiger partial charge in [0.05, 0.1) is 20.8 Å². The number of hydrogen-bond acceptors (Lipinski definition) is 4. The zero-order valence-corrected chi connectivity index (χ0v) is 16.7. The molecule has 27 heavy (non-hydrogen) atoms. The minimum absolute atomic E-state index is 0.125. The van der Waals surface area contributed by atoms with E-state index < -0.39 is 6.10 Å². The molecule has 0 aliphatic rings. The third-order valence-electron chi connectivity index (χ3n) is 4.58. The second-order valence-corrected chi connectivity index (χ2v) is 7.11. The summed E-state index contributed by atoms with van der Waals surface area (Å²) in [5, 5.41) is 2.99. The summed E-state index contributed by atoms with van der Waals surface area (Å²) < 4.78 is 16.3. The van der Waals surface area contributed by atoms with Crippen LogP contribution in [0.5, 0.6) is 11.5 Å². The smallest absolute Gasteiger partial charge is 0.248 e. The third kappa shape index (κ3) is 5.73. The second-order valence-electron chi connectivity index (χ2n) is 7.11. The molecule has 0 radical (unpaired) electrons. The summed E-state index contributed by atoms with van der Waals surface area (Å²) in [5.41, 5.74) is 1.83. The molecular weight excluding hydrogens is 342 g/mol. The molecule has 1 unspecified atom stereocenters. The monoisotopic (exact) mass is 371 g/mol. The molecule has 0 saturated carbocycles. The number of amides is 1. The zero-order valence-electron chi connectivity index (χ0n) is 16.7. The molecule has 1 amide bonds. The van der Waals surface area contributed by atoms with Gasteiger partial charge >= 0.3 is 0 Å². The van der Waals surface area contributed by atoms with Gasteiger partial charge in [-0.05, 0) is 30.2 Å². The number of nitrogens with one attached hydrogen (secondary N) is 1. The fraction of sp³-hybridized carbons (Fsp3) is 0.409. The van der Waals surface area contributed by atoms with Gasteiger partial charge in [-0.25, -0.2) is 0 Å². The molecule has 0 aliphatic carbocycles. The zero-order chi connectivity index (χ0) is 19.9. The van der Waals surface area contributed by atoms with Gasteiger partial charge in [0.2, 0.25) is 5.91 Å². The van der Waals surface area contributed by atoms with Gasteiger partial charge in [0.1, 0.15) is 6.10 Å². The largest absolute Gasteiger partial charge is 0.493 e. The number of benzene rings is 2. The molecule has 0 aromatic heterocycles. The lowest BCUT2D eigenvalue weighted by atomic mass is 9.84. The molecule has 146 valence electrons. The Morgan fingerprint density at radius 3 is 2.33 bits per heavy atom. The van der Waals surface area contributed by atoms with E-state index in [0.29, 0.717) is 24.7 Å². The van der Waals surface area contributed by atoms with Crippen LogP contribution in [0.1, 0.15) is 31.9 Å². The summed E-state index contributed by atoms with van der Waals surface area (Å²) in [7, 11) is 3.22. The van der Waals surface area contributed by atoms with Crippen molar-refractivity contribution >= 4 is 5.91 Å². The number of hydrogen-bond donors (Lipinski definition) is 1. The van der Waals surface area contributed by atoms with E-state index >= 15 is 0 Å². The van der Waals surface area contributed by atoms with Crippen molar-refractivity contribution < 1.29 is 19.0 Å². The van der Waals surface area contributed by atoms with E-state index in [4.69, 9.17) is 14.2 Å². The van der Waals surface area contributed by atoms with Crippen LogP contribution in [0.2, 0.25) is 0 Å². The maximum absolute atomic E-state index is 12.4. The van der Waals surface area contributed by atoms with Gasteiger partial charge in [0.15, 0.2) is 11.5 Å². The van der Waals surface area contributed by atoms with Crippen molar-refractivity contribution in [3.8, 4) is 11.5 Å². The van der Waals surface area contributed by atoms with E-state index in [1.807, 2.05) is 48.5 Å². The van der Waals surface area contributed by atoms with Gasteiger partial charge in [-0.15, -0.1) is 0 Å². The van der Waals surface area contributed by atoms with Gasteiger partial charge < -0.3 is 19.5 Å². The lowest BCUT2D eigenvalue weighted by Crippen LogP contribution is -2.41. The Balaban J connectivity index is 1.92. The molecule has 5 heteroatoms. The van der Waals surface area contributed by atoms with Crippen molar-refractivity contribution in [1.29, 1.82) is 0 Å². The summed E-state index contributed by atoms with van der Waals surface area (Å²) in [5.74, 6) is 1.23. The van der Waals surface area contributed by atoms with Crippen LogP contribution in [-0.2, 0) is 21.6 Å². The number of carbonyl (C=O) groups excluding carboxylic acids is 1. The van der Waals surface area contributed by atoms with Crippen LogP contribution in [0, 0.1) is 0 Å². The molecule has 1 N–H and O–H groups in total. The summed E-state index contributed by atoms with van der Waals surface area (Å²) >= 11 is 0. The third-order valence-corrected chi connectivity index (χ3v) is 4.58. The van der Waals surface area contributed by atoms with E-state index in [9.17, 15) is 4.79 Å². The Hall–Kier alpha value is -2.53. The minimum atomic E-state index is -0.522. The fourth-order valence-corrected chi connectivity index (χ4v) is 2.68. The topological polar surface area (TPSA) is 56.8 Å².